The number of carbonyl (C=O) groups excluding carboxylic acids is 1. The van der Waals surface area contributed by atoms with Crippen LogP contribution in [0.15, 0.2) is 48.5 Å². The number of benzene rings is 2. The molecule has 0 unspecified atom stereocenters. The van der Waals surface area contributed by atoms with Crippen molar-refractivity contribution in [3.63, 3.8) is 0 Å². The molecule has 1 amide bonds. The molecule has 0 saturated carbocycles. The molecule has 3 aromatic rings. The van der Waals surface area contributed by atoms with E-state index in [4.69, 9.17) is 4.98 Å². The van der Waals surface area contributed by atoms with Crippen LogP contribution in [0.5, 0.6) is 0 Å². The van der Waals surface area contributed by atoms with Crippen LogP contribution < -0.4 is 0 Å². The Morgan fingerprint density at radius 3 is 2.48 bits per heavy atom. The fourth-order valence-corrected chi connectivity index (χ4v) is 3.42. The van der Waals surface area contributed by atoms with Gasteiger partial charge in [-0.1, -0.05) is 36.4 Å². The summed E-state index contributed by atoms with van der Waals surface area (Å²) in [6, 6.07) is 15.7. The Morgan fingerprint density at radius 1 is 0.960 bits per heavy atom. The molecule has 0 bridgehead atoms. The second-order valence-electron chi connectivity index (χ2n) is 6.58. The van der Waals surface area contributed by atoms with Gasteiger partial charge in [0.1, 0.15) is 0 Å². The summed E-state index contributed by atoms with van der Waals surface area (Å²) in [6.45, 7) is 3.70. The molecule has 1 aliphatic rings. The molecule has 2 aromatic carbocycles. The van der Waals surface area contributed by atoms with Crippen LogP contribution in [-0.4, -0.2) is 33.9 Å². The highest BCUT2D eigenvalue weighted by molar-refractivity contribution is 5.98. The van der Waals surface area contributed by atoms with Gasteiger partial charge in [0.15, 0.2) is 5.82 Å². The van der Waals surface area contributed by atoms with Crippen molar-refractivity contribution in [1.82, 2.24) is 14.9 Å². The van der Waals surface area contributed by atoms with Gasteiger partial charge in [0.25, 0.3) is 5.91 Å². The maximum Gasteiger partial charge on any atom is 0.253 e. The minimum Gasteiger partial charge on any atom is -0.339 e. The van der Waals surface area contributed by atoms with Gasteiger partial charge in [0.05, 0.1) is 5.52 Å². The number of piperidine rings is 1. The summed E-state index contributed by atoms with van der Waals surface area (Å²) in [5, 5.41) is 0.995. The Bertz CT molecular complexity index is 915. The molecular weight excluding hydrogens is 310 g/mol. The lowest BCUT2D eigenvalue weighted by atomic mass is 10.1. The summed E-state index contributed by atoms with van der Waals surface area (Å²) in [5.74, 6) is 0.812. The first-order valence-corrected chi connectivity index (χ1v) is 8.85. The van der Waals surface area contributed by atoms with Gasteiger partial charge < -0.3 is 4.90 Å². The smallest absolute Gasteiger partial charge is 0.253 e. The lowest BCUT2D eigenvalue weighted by molar-refractivity contribution is 0.0724. The lowest BCUT2D eigenvalue weighted by Gasteiger charge is -2.26. The summed E-state index contributed by atoms with van der Waals surface area (Å²) in [6.07, 6.45) is 3.41. The number of aromatic nitrogens is 2. The van der Waals surface area contributed by atoms with Crippen molar-refractivity contribution in [1.29, 1.82) is 0 Å². The average Bonchev–Trinajstić information content (AvgIpc) is 2.68. The number of carbonyl (C=O) groups is 1. The average molecular weight is 331 g/mol. The molecule has 0 radical (unpaired) electrons. The molecule has 1 aliphatic heterocycles. The summed E-state index contributed by atoms with van der Waals surface area (Å²) in [7, 11) is 0. The number of hydrogen-bond acceptors (Lipinski definition) is 3. The van der Waals surface area contributed by atoms with E-state index in [-0.39, 0.29) is 5.91 Å². The van der Waals surface area contributed by atoms with Crippen LogP contribution in [0, 0.1) is 6.92 Å². The molecule has 1 saturated heterocycles. The first kappa shape index (κ1) is 15.8. The number of hydrogen-bond donors (Lipinski definition) is 0. The molecule has 0 N–H and O–H groups in total. The zero-order chi connectivity index (χ0) is 17.2. The number of nitrogens with zero attached hydrogens (tertiary/aromatic N) is 3. The van der Waals surface area contributed by atoms with Crippen molar-refractivity contribution in [3.05, 3.63) is 59.8 Å². The summed E-state index contributed by atoms with van der Waals surface area (Å²) >= 11 is 0. The molecule has 4 heteroatoms. The predicted molar refractivity (Wildman–Crippen MR) is 99.5 cm³/mol. The summed E-state index contributed by atoms with van der Waals surface area (Å²) in [5.41, 5.74) is 3.46. The third-order valence-corrected chi connectivity index (χ3v) is 4.81. The maximum absolute atomic E-state index is 12.8. The second kappa shape index (κ2) is 6.63. The molecule has 2 heterocycles. The van der Waals surface area contributed by atoms with E-state index in [0.717, 1.165) is 48.1 Å². The van der Waals surface area contributed by atoms with E-state index in [2.05, 4.69) is 4.98 Å². The SMILES string of the molecule is Cc1nc(-c2ccccc2)nc2cc(C(=O)N3CCCCC3)ccc12. The van der Waals surface area contributed by atoms with Crippen LogP contribution in [0.4, 0.5) is 0 Å². The maximum atomic E-state index is 12.8. The van der Waals surface area contributed by atoms with E-state index in [9.17, 15) is 4.79 Å². The van der Waals surface area contributed by atoms with Gasteiger partial charge in [-0.2, -0.15) is 0 Å². The normalized spacial score (nSPS) is 14.7. The van der Waals surface area contributed by atoms with E-state index in [0.29, 0.717) is 11.4 Å². The third kappa shape index (κ3) is 3.12. The Kier molecular flexibility index (Phi) is 4.18. The van der Waals surface area contributed by atoms with E-state index in [1.165, 1.54) is 6.42 Å². The van der Waals surface area contributed by atoms with Crippen molar-refractivity contribution in [2.45, 2.75) is 26.2 Å². The molecule has 1 aromatic heterocycles. The van der Waals surface area contributed by atoms with Crippen molar-refractivity contribution in [2.75, 3.05) is 13.1 Å². The predicted octanol–water partition coefficient (Wildman–Crippen LogP) is 4.23. The standard InChI is InChI=1S/C21H21N3O/c1-15-18-11-10-17(21(25)24-12-6-3-7-13-24)14-19(18)23-20(22-15)16-8-4-2-5-9-16/h2,4-5,8-11,14H,3,6-7,12-13H2,1H3. The van der Waals surface area contributed by atoms with Crippen LogP contribution in [0.1, 0.15) is 35.3 Å². The Balaban J connectivity index is 1.75. The van der Waals surface area contributed by atoms with E-state index in [1.807, 2.05) is 60.4 Å². The van der Waals surface area contributed by atoms with Gasteiger partial charge in [-0.15, -0.1) is 0 Å². The number of aryl methyl sites for hydroxylation is 1. The van der Waals surface area contributed by atoms with Crippen LogP contribution in [0.25, 0.3) is 22.3 Å². The fraction of sp³-hybridized carbons (Fsp3) is 0.286. The van der Waals surface area contributed by atoms with Crippen LogP contribution in [-0.2, 0) is 0 Å². The summed E-state index contributed by atoms with van der Waals surface area (Å²) < 4.78 is 0. The van der Waals surface area contributed by atoms with Crippen molar-refractivity contribution in [2.24, 2.45) is 0 Å². The highest BCUT2D eigenvalue weighted by Gasteiger charge is 2.19. The highest BCUT2D eigenvalue weighted by atomic mass is 16.2. The molecule has 1 fully saturated rings. The highest BCUT2D eigenvalue weighted by Crippen LogP contribution is 2.23. The number of fused-ring (bicyclic) bond motifs is 1. The fourth-order valence-electron chi connectivity index (χ4n) is 3.42. The number of rotatable bonds is 2. The number of likely N-dealkylation sites (tertiary alicyclic amines) is 1. The first-order chi connectivity index (χ1) is 12.2. The molecule has 4 rings (SSSR count). The molecule has 0 spiro atoms. The molecule has 25 heavy (non-hydrogen) atoms. The minimum absolute atomic E-state index is 0.110. The van der Waals surface area contributed by atoms with Crippen LogP contribution in [0.2, 0.25) is 0 Å². The quantitative estimate of drug-likeness (QED) is 0.706. The van der Waals surface area contributed by atoms with Crippen LogP contribution in [0.3, 0.4) is 0 Å². The van der Waals surface area contributed by atoms with Gasteiger partial charge in [0, 0.05) is 35.3 Å². The monoisotopic (exact) mass is 331 g/mol. The topological polar surface area (TPSA) is 46.1 Å². The largest absolute Gasteiger partial charge is 0.339 e. The molecule has 0 atom stereocenters. The van der Waals surface area contributed by atoms with Gasteiger partial charge in [-0.05, 0) is 38.3 Å². The third-order valence-electron chi connectivity index (χ3n) is 4.81. The Labute approximate surface area is 147 Å². The zero-order valence-corrected chi connectivity index (χ0v) is 14.4. The second-order valence-corrected chi connectivity index (χ2v) is 6.58. The summed E-state index contributed by atoms with van der Waals surface area (Å²) in [4.78, 5) is 24.1. The van der Waals surface area contributed by atoms with Gasteiger partial charge in [-0.3, -0.25) is 4.79 Å². The Hall–Kier alpha value is -2.75. The van der Waals surface area contributed by atoms with Gasteiger partial charge in [0.2, 0.25) is 0 Å². The van der Waals surface area contributed by atoms with Crippen molar-refractivity contribution >= 4 is 16.8 Å². The van der Waals surface area contributed by atoms with Crippen molar-refractivity contribution in [3.8, 4) is 11.4 Å². The lowest BCUT2D eigenvalue weighted by Crippen LogP contribution is -2.35. The van der Waals surface area contributed by atoms with Crippen LogP contribution >= 0.6 is 0 Å². The van der Waals surface area contributed by atoms with E-state index < -0.39 is 0 Å². The molecular formula is C21H21N3O. The molecule has 4 nitrogen and oxygen atoms in total. The zero-order valence-electron chi connectivity index (χ0n) is 14.4. The van der Waals surface area contributed by atoms with E-state index >= 15 is 0 Å². The Morgan fingerprint density at radius 2 is 1.72 bits per heavy atom. The molecule has 126 valence electrons. The first-order valence-electron chi connectivity index (χ1n) is 8.85. The minimum atomic E-state index is 0.110. The van der Waals surface area contributed by atoms with Crippen molar-refractivity contribution < 1.29 is 4.79 Å². The number of amides is 1. The van der Waals surface area contributed by atoms with E-state index in [1.54, 1.807) is 0 Å². The molecule has 0 aliphatic carbocycles. The van der Waals surface area contributed by atoms with Gasteiger partial charge in [-0.25, -0.2) is 9.97 Å². The van der Waals surface area contributed by atoms with Gasteiger partial charge >= 0.3 is 0 Å².